The molecule has 1 aliphatic heterocycles. The number of hydrogen-bond acceptors (Lipinski definition) is 3. The maximum atomic E-state index is 8.65. The van der Waals surface area contributed by atoms with Gasteiger partial charge in [0.1, 0.15) is 0 Å². The lowest BCUT2D eigenvalue weighted by atomic mass is 10.2. The topological polar surface area (TPSA) is 36.3 Å². The molecule has 1 atom stereocenters. The molecule has 106 valence electrons. The molecule has 3 nitrogen and oxygen atoms in total. The van der Waals surface area contributed by atoms with Crippen LogP contribution in [0.3, 0.4) is 0 Å². The summed E-state index contributed by atoms with van der Waals surface area (Å²) in [4.78, 5) is 2.38. The first-order valence-corrected chi connectivity index (χ1v) is 7.30. The summed E-state index contributed by atoms with van der Waals surface area (Å²) in [5.41, 5.74) is 1.20. The van der Waals surface area contributed by atoms with E-state index in [1.165, 1.54) is 18.4 Å². The van der Waals surface area contributed by atoms with Crippen LogP contribution in [0.15, 0.2) is 36.4 Å². The van der Waals surface area contributed by atoms with E-state index in [4.69, 9.17) is 10.00 Å². The highest BCUT2D eigenvalue weighted by Crippen LogP contribution is 2.17. The highest BCUT2D eigenvalue weighted by molar-refractivity contribution is 5.48. The molecule has 0 aromatic heterocycles. The molecule has 1 aromatic carbocycles. The largest absolute Gasteiger partial charge is 0.376 e. The monoisotopic (exact) mass is 270 g/mol. The second kappa shape index (κ2) is 8.52. The van der Waals surface area contributed by atoms with Gasteiger partial charge >= 0.3 is 0 Å². The van der Waals surface area contributed by atoms with E-state index in [-0.39, 0.29) is 0 Å². The Hall–Kier alpha value is -1.63. The van der Waals surface area contributed by atoms with Crippen molar-refractivity contribution in [3.05, 3.63) is 42.0 Å². The van der Waals surface area contributed by atoms with Crippen LogP contribution in [0.1, 0.15) is 24.8 Å². The van der Waals surface area contributed by atoms with E-state index in [0.717, 1.165) is 19.7 Å². The van der Waals surface area contributed by atoms with Gasteiger partial charge in [0.2, 0.25) is 0 Å². The molecule has 3 heteroatoms. The molecule has 1 aliphatic rings. The van der Waals surface area contributed by atoms with Crippen LogP contribution in [0.25, 0.3) is 6.08 Å². The third-order valence-corrected chi connectivity index (χ3v) is 3.64. The number of ether oxygens (including phenoxy) is 1. The molecule has 0 N–H and O–H groups in total. The van der Waals surface area contributed by atoms with Gasteiger partial charge in [-0.2, -0.15) is 5.26 Å². The van der Waals surface area contributed by atoms with Crippen LogP contribution in [0, 0.1) is 11.3 Å². The van der Waals surface area contributed by atoms with Crippen molar-refractivity contribution < 1.29 is 4.74 Å². The molecular formula is C17H22N2O. The molecule has 0 radical (unpaired) electrons. The second-order valence-electron chi connectivity index (χ2n) is 5.09. The highest BCUT2D eigenvalue weighted by atomic mass is 16.5. The van der Waals surface area contributed by atoms with Gasteiger partial charge in [-0.1, -0.05) is 42.5 Å². The van der Waals surface area contributed by atoms with Gasteiger partial charge in [-0.15, -0.1) is 0 Å². The van der Waals surface area contributed by atoms with E-state index in [1.54, 1.807) is 0 Å². The summed E-state index contributed by atoms with van der Waals surface area (Å²) in [6.07, 6.45) is 7.17. The van der Waals surface area contributed by atoms with Crippen LogP contribution in [0.4, 0.5) is 0 Å². The molecule has 0 aliphatic carbocycles. The lowest BCUT2D eigenvalue weighted by Gasteiger charge is -2.22. The van der Waals surface area contributed by atoms with E-state index in [9.17, 15) is 0 Å². The van der Waals surface area contributed by atoms with Crippen molar-refractivity contribution in [1.29, 1.82) is 5.26 Å². The summed E-state index contributed by atoms with van der Waals surface area (Å²) in [5.74, 6) is 0. The van der Waals surface area contributed by atoms with Crippen LogP contribution in [0.5, 0.6) is 0 Å². The van der Waals surface area contributed by atoms with Gasteiger partial charge in [-0.3, -0.25) is 4.90 Å². The minimum atomic E-state index is 0.494. The fraction of sp³-hybridized carbons (Fsp3) is 0.471. The van der Waals surface area contributed by atoms with E-state index in [1.807, 2.05) is 18.2 Å². The normalized spacial score (nSPS) is 19.4. The van der Waals surface area contributed by atoms with E-state index < -0.39 is 0 Å². The number of hydrogen-bond donors (Lipinski definition) is 0. The zero-order valence-corrected chi connectivity index (χ0v) is 11.9. The number of benzene rings is 1. The van der Waals surface area contributed by atoms with Crippen LogP contribution in [-0.2, 0) is 4.74 Å². The third-order valence-electron chi connectivity index (χ3n) is 3.64. The summed E-state index contributed by atoms with van der Waals surface area (Å²) in [6.45, 7) is 3.40. The van der Waals surface area contributed by atoms with Gasteiger partial charge in [0.15, 0.2) is 0 Å². The Morgan fingerprint density at radius 3 is 3.00 bits per heavy atom. The summed E-state index contributed by atoms with van der Waals surface area (Å²) < 4.78 is 5.74. The van der Waals surface area contributed by atoms with Crippen molar-refractivity contribution in [3.8, 4) is 6.07 Å². The van der Waals surface area contributed by atoms with Gasteiger partial charge in [0, 0.05) is 19.0 Å². The van der Waals surface area contributed by atoms with Crippen molar-refractivity contribution >= 4 is 6.08 Å². The molecule has 1 heterocycles. The summed E-state index contributed by atoms with van der Waals surface area (Å²) in [6, 6.07) is 13.0. The Kier molecular flexibility index (Phi) is 6.30. The first-order valence-electron chi connectivity index (χ1n) is 7.30. The highest BCUT2D eigenvalue weighted by Gasteiger charge is 2.23. The average Bonchev–Trinajstić information content (AvgIpc) is 2.93. The molecule has 1 saturated heterocycles. The van der Waals surface area contributed by atoms with E-state index >= 15 is 0 Å². The van der Waals surface area contributed by atoms with Crippen molar-refractivity contribution in [2.24, 2.45) is 0 Å². The maximum absolute atomic E-state index is 8.65. The fourth-order valence-corrected chi connectivity index (χ4v) is 2.59. The lowest BCUT2D eigenvalue weighted by Crippen LogP contribution is -2.33. The fourth-order valence-electron chi connectivity index (χ4n) is 2.59. The zero-order valence-electron chi connectivity index (χ0n) is 11.9. The molecule has 0 amide bonds. The molecular weight excluding hydrogens is 248 g/mol. The second-order valence-corrected chi connectivity index (χ2v) is 5.09. The standard InChI is InChI=1S/C17H22N2O/c18-11-6-13-19-12-4-10-17(19)15-20-14-5-9-16-7-2-1-3-8-16/h1-3,5,7-9,17H,4,6,10,12-15H2/b9-5+/t17-/m0/s1. The molecule has 0 bridgehead atoms. The Labute approximate surface area is 121 Å². The van der Waals surface area contributed by atoms with E-state index in [2.05, 4.69) is 35.3 Å². The number of likely N-dealkylation sites (tertiary alicyclic amines) is 1. The Bertz CT molecular complexity index is 450. The zero-order chi connectivity index (χ0) is 14.0. The van der Waals surface area contributed by atoms with Crippen LogP contribution < -0.4 is 0 Å². The first kappa shape index (κ1) is 14.8. The van der Waals surface area contributed by atoms with E-state index in [0.29, 0.717) is 19.1 Å². The van der Waals surface area contributed by atoms with Gasteiger partial charge < -0.3 is 4.74 Å². The number of nitrogens with zero attached hydrogens (tertiary/aromatic N) is 2. The number of nitriles is 1. The molecule has 0 saturated carbocycles. The van der Waals surface area contributed by atoms with Gasteiger partial charge in [0.05, 0.1) is 19.3 Å². The first-order chi connectivity index (χ1) is 9.90. The lowest BCUT2D eigenvalue weighted by molar-refractivity contribution is 0.0955. The van der Waals surface area contributed by atoms with Crippen molar-refractivity contribution in [2.75, 3.05) is 26.3 Å². The molecule has 1 fully saturated rings. The predicted molar refractivity (Wildman–Crippen MR) is 81.1 cm³/mol. The van der Waals surface area contributed by atoms with Gasteiger partial charge in [-0.05, 0) is 24.9 Å². The van der Waals surface area contributed by atoms with Crippen molar-refractivity contribution in [2.45, 2.75) is 25.3 Å². The molecule has 2 rings (SSSR count). The maximum Gasteiger partial charge on any atom is 0.0651 e. The molecule has 0 spiro atoms. The summed E-state index contributed by atoms with van der Waals surface area (Å²) >= 11 is 0. The minimum Gasteiger partial charge on any atom is -0.376 e. The number of rotatable bonds is 7. The SMILES string of the molecule is N#CCCN1CCC[C@H]1COC/C=C/c1ccccc1. The Balaban J connectivity index is 1.65. The Morgan fingerprint density at radius 1 is 1.35 bits per heavy atom. The average molecular weight is 270 g/mol. The minimum absolute atomic E-state index is 0.494. The van der Waals surface area contributed by atoms with Crippen molar-refractivity contribution in [3.63, 3.8) is 0 Å². The van der Waals surface area contributed by atoms with Crippen LogP contribution in [-0.4, -0.2) is 37.2 Å². The smallest absolute Gasteiger partial charge is 0.0651 e. The summed E-state index contributed by atoms with van der Waals surface area (Å²) in [7, 11) is 0. The molecule has 0 unspecified atom stereocenters. The van der Waals surface area contributed by atoms with Crippen LogP contribution in [0.2, 0.25) is 0 Å². The summed E-state index contributed by atoms with van der Waals surface area (Å²) in [5, 5.41) is 8.65. The molecule has 20 heavy (non-hydrogen) atoms. The Morgan fingerprint density at radius 2 is 2.20 bits per heavy atom. The van der Waals surface area contributed by atoms with Gasteiger partial charge in [0.25, 0.3) is 0 Å². The van der Waals surface area contributed by atoms with Crippen molar-refractivity contribution in [1.82, 2.24) is 4.90 Å². The van der Waals surface area contributed by atoms with Gasteiger partial charge in [-0.25, -0.2) is 0 Å². The predicted octanol–water partition coefficient (Wildman–Crippen LogP) is 3.09. The third kappa shape index (κ3) is 4.80. The molecule has 1 aromatic rings. The van der Waals surface area contributed by atoms with Crippen LogP contribution >= 0.6 is 0 Å². The quantitative estimate of drug-likeness (QED) is 0.714.